The van der Waals surface area contributed by atoms with Crippen molar-refractivity contribution in [3.8, 4) is 0 Å². The lowest BCUT2D eigenvalue weighted by atomic mass is 10.2. The molecule has 1 aromatic heterocycles. The highest BCUT2D eigenvalue weighted by molar-refractivity contribution is 6.30. The fourth-order valence-electron chi connectivity index (χ4n) is 0.882. The summed E-state index contributed by atoms with van der Waals surface area (Å²) in [7, 11) is 0. The summed E-state index contributed by atoms with van der Waals surface area (Å²) in [4.78, 5) is 0. The van der Waals surface area contributed by atoms with Crippen molar-refractivity contribution in [3.05, 3.63) is 16.5 Å². The zero-order chi connectivity index (χ0) is 8.27. The predicted molar refractivity (Wildman–Crippen MR) is 45.1 cm³/mol. The molecule has 0 fully saturated rings. The molecule has 62 valence electrons. The van der Waals surface area contributed by atoms with E-state index < -0.39 is 0 Å². The highest BCUT2D eigenvalue weighted by Crippen LogP contribution is 2.22. The van der Waals surface area contributed by atoms with E-state index in [1.807, 2.05) is 0 Å². The van der Waals surface area contributed by atoms with Crippen molar-refractivity contribution >= 4 is 23.2 Å². The van der Waals surface area contributed by atoms with Crippen LogP contribution in [0, 0.1) is 0 Å². The second kappa shape index (κ2) is 3.98. The fraction of sp³-hybridized carbons (Fsp3) is 0.571. The lowest BCUT2D eigenvalue weighted by Gasteiger charge is -1.92. The average Bonchev–Trinajstić information content (AvgIpc) is 2.33. The third kappa shape index (κ3) is 1.88. The average molecular weight is 194 g/mol. The first-order chi connectivity index (χ1) is 5.29. The minimum absolute atomic E-state index is 0.323. The molecule has 0 radical (unpaired) electrons. The Bertz CT molecular complexity index is 234. The third-order valence-electron chi connectivity index (χ3n) is 1.44. The molecule has 0 aromatic carbocycles. The van der Waals surface area contributed by atoms with Crippen molar-refractivity contribution in [2.75, 3.05) is 0 Å². The summed E-state index contributed by atoms with van der Waals surface area (Å²) in [5.74, 6) is 0.373. The van der Waals surface area contributed by atoms with Gasteiger partial charge in [-0.2, -0.15) is 0 Å². The predicted octanol–water partition coefficient (Wildman–Crippen LogP) is 3.02. The van der Waals surface area contributed by atoms with E-state index in [9.17, 15) is 0 Å². The number of rotatable bonds is 3. The lowest BCUT2D eigenvalue weighted by Crippen LogP contribution is -1.87. The monoisotopic (exact) mass is 193 g/mol. The van der Waals surface area contributed by atoms with Gasteiger partial charge in [0.1, 0.15) is 0 Å². The summed E-state index contributed by atoms with van der Waals surface area (Å²) in [6, 6.07) is 0. The molecule has 0 amide bonds. The van der Waals surface area contributed by atoms with Gasteiger partial charge in [0, 0.05) is 5.56 Å². The lowest BCUT2D eigenvalue weighted by molar-refractivity contribution is 0.412. The molecule has 1 aromatic rings. The van der Waals surface area contributed by atoms with Gasteiger partial charge in [0.2, 0.25) is 5.22 Å². The zero-order valence-corrected chi connectivity index (χ0v) is 7.74. The first kappa shape index (κ1) is 8.88. The summed E-state index contributed by atoms with van der Waals surface area (Å²) < 4.78 is 4.77. The normalized spacial score (nSPS) is 10.5. The molecule has 1 rings (SSSR count). The van der Waals surface area contributed by atoms with Crippen molar-refractivity contribution in [3.63, 3.8) is 0 Å². The van der Waals surface area contributed by atoms with Crippen LogP contribution >= 0.6 is 23.2 Å². The second-order valence-electron chi connectivity index (χ2n) is 2.27. The number of nitrogens with zero attached hydrogens (tertiary/aromatic N) is 1. The first-order valence-corrected chi connectivity index (χ1v) is 4.39. The standard InChI is InChI=1S/C7H9Cl2NO/c1-2-3-6-5(4-8)7(9)11-10-6/h2-4H2,1H3. The van der Waals surface area contributed by atoms with Crippen LogP contribution in [-0.2, 0) is 12.3 Å². The fourth-order valence-corrected chi connectivity index (χ4v) is 1.44. The molecule has 0 saturated heterocycles. The molecule has 0 N–H and O–H groups in total. The van der Waals surface area contributed by atoms with Crippen LogP contribution in [0.25, 0.3) is 0 Å². The third-order valence-corrected chi connectivity index (χ3v) is 2.01. The molecule has 0 aliphatic heterocycles. The van der Waals surface area contributed by atoms with Crippen molar-refractivity contribution in [2.24, 2.45) is 0 Å². The maximum atomic E-state index is 5.67. The minimum Gasteiger partial charge on any atom is -0.344 e. The molecule has 0 saturated carbocycles. The van der Waals surface area contributed by atoms with Gasteiger partial charge in [-0.05, 0) is 18.0 Å². The van der Waals surface area contributed by atoms with E-state index in [0.717, 1.165) is 24.1 Å². The van der Waals surface area contributed by atoms with E-state index >= 15 is 0 Å². The molecule has 0 spiro atoms. The Morgan fingerprint density at radius 3 is 2.82 bits per heavy atom. The molecule has 0 atom stereocenters. The van der Waals surface area contributed by atoms with E-state index in [2.05, 4.69) is 12.1 Å². The molecule has 0 unspecified atom stereocenters. The summed E-state index contributed by atoms with van der Waals surface area (Å²) in [6.07, 6.45) is 1.89. The Morgan fingerprint density at radius 1 is 1.55 bits per heavy atom. The molecule has 0 aliphatic carbocycles. The largest absolute Gasteiger partial charge is 0.344 e. The number of halogens is 2. The van der Waals surface area contributed by atoms with Gasteiger partial charge in [0.15, 0.2) is 0 Å². The van der Waals surface area contributed by atoms with Crippen molar-refractivity contribution in [2.45, 2.75) is 25.6 Å². The van der Waals surface area contributed by atoms with Gasteiger partial charge in [0.25, 0.3) is 0 Å². The quantitative estimate of drug-likeness (QED) is 0.691. The van der Waals surface area contributed by atoms with Gasteiger partial charge in [-0.1, -0.05) is 18.5 Å². The second-order valence-corrected chi connectivity index (χ2v) is 2.88. The molecule has 4 heteroatoms. The summed E-state index contributed by atoms with van der Waals surface area (Å²) in [5.41, 5.74) is 1.71. The smallest absolute Gasteiger partial charge is 0.230 e. The van der Waals surface area contributed by atoms with Crippen LogP contribution in [0.2, 0.25) is 5.22 Å². The van der Waals surface area contributed by atoms with Crippen molar-refractivity contribution in [1.82, 2.24) is 5.16 Å². The van der Waals surface area contributed by atoms with E-state index in [-0.39, 0.29) is 0 Å². The molecular formula is C7H9Cl2NO. The highest BCUT2D eigenvalue weighted by atomic mass is 35.5. The van der Waals surface area contributed by atoms with Gasteiger partial charge in [0.05, 0.1) is 11.6 Å². The van der Waals surface area contributed by atoms with Gasteiger partial charge in [-0.25, -0.2) is 0 Å². The molecule has 0 aliphatic rings. The number of alkyl halides is 1. The SMILES string of the molecule is CCCc1noc(Cl)c1CCl. The maximum absolute atomic E-state index is 5.67. The Kier molecular flexibility index (Phi) is 3.21. The molecule has 0 bridgehead atoms. The van der Waals surface area contributed by atoms with Crippen LogP contribution in [0.3, 0.4) is 0 Å². The van der Waals surface area contributed by atoms with Crippen LogP contribution in [0.15, 0.2) is 4.52 Å². The van der Waals surface area contributed by atoms with Gasteiger partial charge >= 0.3 is 0 Å². The van der Waals surface area contributed by atoms with Crippen LogP contribution < -0.4 is 0 Å². The highest BCUT2D eigenvalue weighted by Gasteiger charge is 2.11. The van der Waals surface area contributed by atoms with Crippen molar-refractivity contribution in [1.29, 1.82) is 0 Å². The van der Waals surface area contributed by atoms with Crippen molar-refractivity contribution < 1.29 is 4.52 Å². The van der Waals surface area contributed by atoms with E-state index in [1.165, 1.54) is 0 Å². The molecular weight excluding hydrogens is 185 g/mol. The van der Waals surface area contributed by atoms with Crippen LogP contribution in [-0.4, -0.2) is 5.16 Å². The Labute approximate surface area is 75.5 Å². The number of hydrogen-bond donors (Lipinski definition) is 0. The first-order valence-electron chi connectivity index (χ1n) is 3.48. The zero-order valence-electron chi connectivity index (χ0n) is 6.23. The summed E-state index contributed by atoms with van der Waals surface area (Å²) in [5, 5.41) is 4.11. The Morgan fingerprint density at radius 2 is 2.27 bits per heavy atom. The van der Waals surface area contributed by atoms with Gasteiger partial charge < -0.3 is 4.52 Å². The maximum Gasteiger partial charge on any atom is 0.230 e. The van der Waals surface area contributed by atoms with Gasteiger partial charge in [-0.15, -0.1) is 11.6 Å². The molecule has 1 heterocycles. The minimum atomic E-state index is 0.323. The van der Waals surface area contributed by atoms with Crippen LogP contribution in [0.5, 0.6) is 0 Å². The van der Waals surface area contributed by atoms with E-state index in [1.54, 1.807) is 0 Å². The van der Waals surface area contributed by atoms with Crippen LogP contribution in [0.1, 0.15) is 24.6 Å². The molecule has 2 nitrogen and oxygen atoms in total. The topological polar surface area (TPSA) is 26.0 Å². The molecule has 11 heavy (non-hydrogen) atoms. The number of hydrogen-bond acceptors (Lipinski definition) is 2. The number of aromatic nitrogens is 1. The number of aryl methyl sites for hydroxylation is 1. The Hall–Kier alpha value is -0.210. The Balaban J connectivity index is 2.86. The summed E-state index contributed by atoms with van der Waals surface area (Å²) >= 11 is 11.3. The van der Waals surface area contributed by atoms with E-state index in [4.69, 9.17) is 27.7 Å². The van der Waals surface area contributed by atoms with Crippen LogP contribution in [0.4, 0.5) is 0 Å². The summed E-state index contributed by atoms with van der Waals surface area (Å²) in [6.45, 7) is 2.07. The van der Waals surface area contributed by atoms with E-state index in [0.29, 0.717) is 11.1 Å². The van der Waals surface area contributed by atoms with Gasteiger partial charge in [-0.3, -0.25) is 0 Å².